The molecule has 2 nitrogen and oxygen atoms in total. The van der Waals surface area contributed by atoms with Crippen LogP contribution in [0.1, 0.15) is 53.4 Å². The number of carbonyl (C=O) groups is 1. The third-order valence-corrected chi connectivity index (χ3v) is 2.73. The van der Waals surface area contributed by atoms with Crippen molar-refractivity contribution in [1.29, 1.82) is 0 Å². The van der Waals surface area contributed by atoms with Gasteiger partial charge in [-0.05, 0) is 46.2 Å². The average molecular weight is 249 g/mol. The first-order chi connectivity index (χ1) is 8.51. The Morgan fingerprint density at radius 2 is 1.83 bits per heavy atom. The van der Waals surface area contributed by atoms with E-state index in [4.69, 9.17) is 0 Å². The molecule has 102 valence electrons. The summed E-state index contributed by atoms with van der Waals surface area (Å²) in [7, 11) is 0. The van der Waals surface area contributed by atoms with Crippen LogP contribution >= 0.6 is 0 Å². The van der Waals surface area contributed by atoms with E-state index in [1.807, 2.05) is 6.92 Å². The Bertz CT molecular complexity index is 322. The van der Waals surface area contributed by atoms with Crippen LogP contribution in [0.4, 0.5) is 0 Å². The molecular formula is C16H27NO. The van der Waals surface area contributed by atoms with E-state index in [2.05, 4.69) is 39.5 Å². The summed E-state index contributed by atoms with van der Waals surface area (Å²) in [5.74, 6) is 0.154. The SMILES string of the molecule is C=CN(C/C=C(/C)CCC=C(C)C)C(=O)CCC. The van der Waals surface area contributed by atoms with E-state index in [-0.39, 0.29) is 5.91 Å². The molecule has 2 heteroatoms. The van der Waals surface area contributed by atoms with E-state index in [0.717, 1.165) is 19.3 Å². The molecule has 0 unspecified atom stereocenters. The molecule has 0 aromatic heterocycles. The van der Waals surface area contributed by atoms with Crippen LogP contribution in [0.5, 0.6) is 0 Å². The average Bonchev–Trinajstić information content (AvgIpc) is 2.29. The van der Waals surface area contributed by atoms with Gasteiger partial charge < -0.3 is 4.90 Å². The number of carbonyl (C=O) groups excluding carboxylic acids is 1. The van der Waals surface area contributed by atoms with E-state index >= 15 is 0 Å². The molecular weight excluding hydrogens is 222 g/mol. The van der Waals surface area contributed by atoms with Crippen molar-refractivity contribution in [2.75, 3.05) is 6.54 Å². The summed E-state index contributed by atoms with van der Waals surface area (Å²) in [5.41, 5.74) is 2.68. The summed E-state index contributed by atoms with van der Waals surface area (Å²) < 4.78 is 0. The third-order valence-electron chi connectivity index (χ3n) is 2.73. The van der Waals surface area contributed by atoms with Gasteiger partial charge in [-0.1, -0.05) is 36.8 Å². The second-order valence-electron chi connectivity index (χ2n) is 4.85. The first-order valence-electron chi connectivity index (χ1n) is 6.72. The van der Waals surface area contributed by atoms with Crippen molar-refractivity contribution in [2.24, 2.45) is 0 Å². The highest BCUT2D eigenvalue weighted by Crippen LogP contribution is 2.07. The molecule has 0 spiro atoms. The molecule has 0 aliphatic carbocycles. The monoisotopic (exact) mass is 249 g/mol. The highest BCUT2D eigenvalue weighted by atomic mass is 16.2. The quantitative estimate of drug-likeness (QED) is 0.582. The van der Waals surface area contributed by atoms with Gasteiger partial charge in [-0.3, -0.25) is 4.79 Å². The lowest BCUT2D eigenvalue weighted by molar-refractivity contribution is -0.128. The Balaban J connectivity index is 4.20. The molecule has 0 N–H and O–H groups in total. The number of allylic oxidation sites excluding steroid dienone is 3. The lowest BCUT2D eigenvalue weighted by Crippen LogP contribution is -2.25. The van der Waals surface area contributed by atoms with Crippen molar-refractivity contribution in [3.63, 3.8) is 0 Å². The number of rotatable bonds is 8. The fraction of sp³-hybridized carbons (Fsp3) is 0.562. The number of nitrogens with zero attached hydrogens (tertiary/aromatic N) is 1. The highest BCUT2D eigenvalue weighted by Gasteiger charge is 2.06. The Hall–Kier alpha value is -1.31. The standard InChI is InChI=1S/C16H27NO/c1-6-9-16(18)17(7-2)13-12-15(5)11-8-10-14(3)4/h7,10,12H,2,6,8-9,11,13H2,1,3-5H3/b15-12-. The number of hydrogen-bond donors (Lipinski definition) is 0. The Morgan fingerprint density at radius 1 is 1.17 bits per heavy atom. The zero-order valence-corrected chi connectivity index (χ0v) is 12.3. The number of amides is 1. The summed E-state index contributed by atoms with van der Waals surface area (Å²) in [6.45, 7) is 12.7. The molecule has 0 fully saturated rings. The second-order valence-corrected chi connectivity index (χ2v) is 4.85. The van der Waals surface area contributed by atoms with Gasteiger partial charge in [-0.2, -0.15) is 0 Å². The lowest BCUT2D eigenvalue weighted by Gasteiger charge is -2.16. The predicted molar refractivity (Wildman–Crippen MR) is 79.2 cm³/mol. The molecule has 0 aliphatic rings. The number of hydrogen-bond acceptors (Lipinski definition) is 1. The first-order valence-corrected chi connectivity index (χ1v) is 6.72. The summed E-state index contributed by atoms with van der Waals surface area (Å²) in [6, 6.07) is 0. The molecule has 0 saturated carbocycles. The summed E-state index contributed by atoms with van der Waals surface area (Å²) in [6.07, 6.45) is 9.58. The normalized spacial score (nSPS) is 11.0. The van der Waals surface area contributed by atoms with Crippen molar-refractivity contribution in [2.45, 2.75) is 53.4 Å². The Morgan fingerprint density at radius 3 is 2.33 bits per heavy atom. The Kier molecular flexibility index (Phi) is 8.99. The van der Waals surface area contributed by atoms with E-state index in [1.165, 1.54) is 11.1 Å². The van der Waals surface area contributed by atoms with Crippen LogP contribution in [0.3, 0.4) is 0 Å². The van der Waals surface area contributed by atoms with Crippen LogP contribution in [0.15, 0.2) is 36.1 Å². The molecule has 0 atom stereocenters. The minimum Gasteiger partial charge on any atom is -0.316 e. The van der Waals surface area contributed by atoms with E-state index < -0.39 is 0 Å². The van der Waals surface area contributed by atoms with Gasteiger partial charge in [0.25, 0.3) is 0 Å². The molecule has 1 amide bonds. The molecule has 0 heterocycles. The third kappa shape index (κ3) is 7.88. The highest BCUT2D eigenvalue weighted by molar-refractivity contribution is 5.77. The van der Waals surface area contributed by atoms with Gasteiger partial charge in [0.2, 0.25) is 5.91 Å². The summed E-state index contributed by atoms with van der Waals surface area (Å²) in [5, 5.41) is 0. The van der Waals surface area contributed by atoms with Crippen molar-refractivity contribution in [3.05, 3.63) is 36.1 Å². The van der Waals surface area contributed by atoms with Crippen LogP contribution in [0.2, 0.25) is 0 Å². The fourth-order valence-electron chi connectivity index (χ4n) is 1.58. The van der Waals surface area contributed by atoms with Crippen LogP contribution in [-0.4, -0.2) is 17.4 Å². The van der Waals surface area contributed by atoms with Crippen LogP contribution < -0.4 is 0 Å². The van der Waals surface area contributed by atoms with E-state index in [9.17, 15) is 4.79 Å². The van der Waals surface area contributed by atoms with Gasteiger partial charge in [0, 0.05) is 13.0 Å². The van der Waals surface area contributed by atoms with Crippen molar-refractivity contribution in [1.82, 2.24) is 4.90 Å². The van der Waals surface area contributed by atoms with Gasteiger partial charge in [0.05, 0.1) is 0 Å². The maximum atomic E-state index is 11.7. The van der Waals surface area contributed by atoms with Crippen LogP contribution in [0, 0.1) is 0 Å². The minimum atomic E-state index is 0.154. The molecule has 0 saturated heterocycles. The lowest BCUT2D eigenvalue weighted by atomic mass is 10.1. The fourth-order valence-corrected chi connectivity index (χ4v) is 1.58. The van der Waals surface area contributed by atoms with E-state index in [0.29, 0.717) is 13.0 Å². The van der Waals surface area contributed by atoms with Crippen molar-refractivity contribution >= 4 is 5.91 Å². The minimum absolute atomic E-state index is 0.154. The van der Waals surface area contributed by atoms with Crippen molar-refractivity contribution < 1.29 is 4.79 Å². The topological polar surface area (TPSA) is 20.3 Å². The van der Waals surface area contributed by atoms with Gasteiger partial charge in [0.1, 0.15) is 0 Å². The smallest absolute Gasteiger partial charge is 0.226 e. The molecule has 18 heavy (non-hydrogen) atoms. The maximum Gasteiger partial charge on any atom is 0.226 e. The zero-order valence-electron chi connectivity index (χ0n) is 12.3. The Labute approximate surface area is 112 Å². The molecule has 0 aromatic carbocycles. The summed E-state index contributed by atoms with van der Waals surface area (Å²) in [4.78, 5) is 13.4. The second kappa shape index (κ2) is 9.69. The molecule has 0 aromatic rings. The molecule has 0 rings (SSSR count). The molecule has 0 bridgehead atoms. The summed E-state index contributed by atoms with van der Waals surface area (Å²) >= 11 is 0. The first kappa shape index (κ1) is 16.7. The predicted octanol–water partition coefficient (Wildman–Crippen LogP) is 4.45. The van der Waals surface area contributed by atoms with E-state index in [1.54, 1.807) is 11.1 Å². The molecule has 0 radical (unpaired) electrons. The van der Waals surface area contributed by atoms with Gasteiger partial charge in [-0.25, -0.2) is 0 Å². The van der Waals surface area contributed by atoms with Gasteiger partial charge >= 0.3 is 0 Å². The largest absolute Gasteiger partial charge is 0.316 e. The van der Waals surface area contributed by atoms with Crippen LogP contribution in [-0.2, 0) is 4.79 Å². The van der Waals surface area contributed by atoms with Crippen LogP contribution in [0.25, 0.3) is 0 Å². The van der Waals surface area contributed by atoms with Gasteiger partial charge in [-0.15, -0.1) is 0 Å². The zero-order chi connectivity index (χ0) is 14.0. The van der Waals surface area contributed by atoms with Gasteiger partial charge in [0.15, 0.2) is 0 Å². The molecule has 0 aliphatic heterocycles. The van der Waals surface area contributed by atoms with Crippen molar-refractivity contribution in [3.8, 4) is 0 Å². The maximum absolute atomic E-state index is 11.7.